The predicted molar refractivity (Wildman–Crippen MR) is 106 cm³/mol. The lowest BCUT2D eigenvalue weighted by atomic mass is 10.1. The van der Waals surface area contributed by atoms with Crippen molar-refractivity contribution in [3.8, 4) is 11.3 Å². The number of amides is 1. The van der Waals surface area contributed by atoms with Gasteiger partial charge in [-0.15, -0.1) is 11.3 Å². The molecule has 0 fully saturated rings. The molecule has 8 heteroatoms. The fraction of sp³-hybridized carbons (Fsp3) is 0.444. The summed E-state index contributed by atoms with van der Waals surface area (Å²) in [6.45, 7) is 8.35. The van der Waals surface area contributed by atoms with Crippen LogP contribution in [0.5, 0.6) is 0 Å². The first-order valence-corrected chi connectivity index (χ1v) is 11.0. The molecule has 2 aromatic rings. The number of thiazole rings is 1. The van der Waals surface area contributed by atoms with Crippen LogP contribution >= 0.6 is 11.3 Å². The van der Waals surface area contributed by atoms with Gasteiger partial charge in [0.15, 0.2) is 5.13 Å². The zero-order valence-corrected chi connectivity index (χ0v) is 17.2. The average Bonchev–Trinajstić information content (AvgIpc) is 3.10. The fourth-order valence-electron chi connectivity index (χ4n) is 2.39. The molecule has 26 heavy (non-hydrogen) atoms. The summed E-state index contributed by atoms with van der Waals surface area (Å²) in [5.41, 5.74) is 1.52. The first-order valence-electron chi connectivity index (χ1n) is 8.70. The lowest BCUT2D eigenvalue weighted by Crippen LogP contribution is -2.30. The minimum absolute atomic E-state index is 0.0472. The van der Waals surface area contributed by atoms with Crippen LogP contribution in [-0.4, -0.2) is 36.7 Å². The molecule has 0 aliphatic carbocycles. The van der Waals surface area contributed by atoms with Crippen molar-refractivity contribution in [1.29, 1.82) is 0 Å². The van der Waals surface area contributed by atoms with E-state index in [2.05, 4.69) is 10.3 Å². The second-order valence-corrected chi connectivity index (χ2v) is 8.75. The monoisotopic (exact) mass is 395 g/mol. The van der Waals surface area contributed by atoms with E-state index in [1.807, 2.05) is 33.1 Å². The van der Waals surface area contributed by atoms with Crippen molar-refractivity contribution >= 4 is 32.4 Å². The lowest BCUT2D eigenvalue weighted by molar-refractivity contribution is -0.119. The van der Waals surface area contributed by atoms with Gasteiger partial charge < -0.3 is 5.32 Å². The van der Waals surface area contributed by atoms with Crippen LogP contribution in [-0.2, 0) is 14.8 Å². The molecule has 1 aromatic carbocycles. The average molecular weight is 396 g/mol. The van der Waals surface area contributed by atoms with Crippen LogP contribution in [0.15, 0.2) is 34.5 Å². The van der Waals surface area contributed by atoms with Crippen LogP contribution in [0.2, 0.25) is 0 Å². The second kappa shape index (κ2) is 8.75. The molecular formula is C18H25N3O3S2. The molecule has 0 aliphatic heterocycles. The van der Waals surface area contributed by atoms with Crippen LogP contribution in [0.1, 0.15) is 34.1 Å². The molecule has 1 heterocycles. The summed E-state index contributed by atoms with van der Waals surface area (Å²) in [6.07, 6.45) is 0.770. The van der Waals surface area contributed by atoms with Crippen molar-refractivity contribution in [3.05, 3.63) is 29.6 Å². The Balaban J connectivity index is 2.18. The largest absolute Gasteiger partial charge is 0.302 e. The fourth-order valence-corrected chi connectivity index (χ4v) is 4.57. The van der Waals surface area contributed by atoms with E-state index in [1.54, 1.807) is 24.3 Å². The van der Waals surface area contributed by atoms with Gasteiger partial charge in [0.05, 0.1) is 10.6 Å². The standard InChI is InChI=1S/C18H25N3O3S2/c1-5-13(4)17(22)20-18-19-16(12-25-18)14-8-10-15(11-9-14)26(23,24)21(6-2)7-3/h8-13H,5-7H2,1-4H3,(H,19,20,22). The number of hydrogen-bond acceptors (Lipinski definition) is 5. The molecule has 0 spiro atoms. The number of hydrogen-bond donors (Lipinski definition) is 1. The Hall–Kier alpha value is -1.77. The van der Waals surface area contributed by atoms with Crippen molar-refractivity contribution in [2.24, 2.45) is 5.92 Å². The minimum Gasteiger partial charge on any atom is -0.302 e. The molecule has 0 bridgehead atoms. The van der Waals surface area contributed by atoms with Crippen LogP contribution in [0, 0.1) is 5.92 Å². The molecule has 1 atom stereocenters. The number of benzene rings is 1. The molecule has 1 unspecified atom stereocenters. The number of carbonyl (C=O) groups excluding carboxylic acids is 1. The Morgan fingerprint density at radius 2 is 1.81 bits per heavy atom. The summed E-state index contributed by atoms with van der Waals surface area (Å²) < 4.78 is 26.5. The van der Waals surface area contributed by atoms with Crippen LogP contribution < -0.4 is 5.32 Å². The maximum atomic E-state index is 12.5. The lowest BCUT2D eigenvalue weighted by Gasteiger charge is -2.18. The van der Waals surface area contributed by atoms with Gasteiger partial charge in [-0.2, -0.15) is 4.31 Å². The van der Waals surface area contributed by atoms with E-state index in [0.29, 0.717) is 23.9 Å². The third-order valence-electron chi connectivity index (χ3n) is 4.29. The Kier molecular flexibility index (Phi) is 6.91. The number of anilines is 1. The topological polar surface area (TPSA) is 79.4 Å². The van der Waals surface area contributed by atoms with Gasteiger partial charge in [0, 0.05) is 30.0 Å². The molecule has 1 amide bonds. The third kappa shape index (κ3) is 4.49. The number of carbonyl (C=O) groups is 1. The van der Waals surface area contributed by atoms with Crippen molar-refractivity contribution in [2.75, 3.05) is 18.4 Å². The van der Waals surface area contributed by atoms with Crippen molar-refractivity contribution in [3.63, 3.8) is 0 Å². The van der Waals surface area contributed by atoms with E-state index >= 15 is 0 Å². The SMILES string of the molecule is CCC(C)C(=O)Nc1nc(-c2ccc(S(=O)(=O)N(CC)CC)cc2)cs1. The molecule has 142 valence electrons. The Morgan fingerprint density at radius 1 is 1.19 bits per heavy atom. The Morgan fingerprint density at radius 3 is 2.35 bits per heavy atom. The summed E-state index contributed by atoms with van der Waals surface area (Å²) in [4.78, 5) is 16.6. The van der Waals surface area contributed by atoms with E-state index < -0.39 is 10.0 Å². The third-order valence-corrected chi connectivity index (χ3v) is 7.11. The van der Waals surface area contributed by atoms with Gasteiger partial charge in [-0.1, -0.05) is 39.8 Å². The van der Waals surface area contributed by atoms with Gasteiger partial charge in [0.1, 0.15) is 0 Å². The minimum atomic E-state index is -3.46. The molecule has 0 saturated carbocycles. The number of aromatic nitrogens is 1. The van der Waals surface area contributed by atoms with E-state index in [9.17, 15) is 13.2 Å². The highest BCUT2D eigenvalue weighted by Gasteiger charge is 2.21. The molecule has 1 N–H and O–H groups in total. The number of sulfonamides is 1. The quantitative estimate of drug-likeness (QED) is 0.737. The summed E-state index contributed by atoms with van der Waals surface area (Å²) in [7, 11) is -3.46. The predicted octanol–water partition coefficient (Wildman–Crippen LogP) is 3.83. The maximum Gasteiger partial charge on any atom is 0.243 e. The molecule has 1 aromatic heterocycles. The van der Waals surface area contributed by atoms with E-state index in [4.69, 9.17) is 0 Å². The first-order chi connectivity index (χ1) is 12.3. The van der Waals surface area contributed by atoms with Gasteiger partial charge in [-0.25, -0.2) is 13.4 Å². The number of nitrogens with one attached hydrogen (secondary N) is 1. The van der Waals surface area contributed by atoms with Crippen LogP contribution in [0.25, 0.3) is 11.3 Å². The maximum absolute atomic E-state index is 12.5. The van der Waals surface area contributed by atoms with Crippen molar-refractivity contribution in [1.82, 2.24) is 9.29 Å². The highest BCUT2D eigenvalue weighted by molar-refractivity contribution is 7.89. The normalized spacial score (nSPS) is 13.0. The highest BCUT2D eigenvalue weighted by atomic mass is 32.2. The molecule has 2 rings (SSSR count). The Labute approximate surface area is 159 Å². The molecule has 0 saturated heterocycles. The highest BCUT2D eigenvalue weighted by Crippen LogP contribution is 2.27. The molecular weight excluding hydrogens is 370 g/mol. The van der Waals surface area contributed by atoms with Gasteiger partial charge in [0.25, 0.3) is 0 Å². The second-order valence-electron chi connectivity index (χ2n) is 5.95. The molecule has 6 nitrogen and oxygen atoms in total. The van der Waals surface area contributed by atoms with Crippen LogP contribution in [0.3, 0.4) is 0 Å². The van der Waals surface area contributed by atoms with Gasteiger partial charge >= 0.3 is 0 Å². The number of nitrogens with zero attached hydrogens (tertiary/aromatic N) is 2. The van der Waals surface area contributed by atoms with Gasteiger partial charge in [0.2, 0.25) is 15.9 Å². The summed E-state index contributed by atoms with van der Waals surface area (Å²) in [5, 5.41) is 5.21. The summed E-state index contributed by atoms with van der Waals surface area (Å²) in [5.74, 6) is -0.110. The zero-order chi connectivity index (χ0) is 19.3. The first kappa shape index (κ1) is 20.5. The summed E-state index contributed by atoms with van der Waals surface area (Å²) in [6, 6.07) is 6.68. The van der Waals surface area contributed by atoms with E-state index in [-0.39, 0.29) is 16.7 Å². The smallest absolute Gasteiger partial charge is 0.243 e. The molecule has 0 radical (unpaired) electrons. The zero-order valence-electron chi connectivity index (χ0n) is 15.5. The Bertz CT molecular complexity index is 841. The van der Waals surface area contributed by atoms with Crippen LogP contribution in [0.4, 0.5) is 5.13 Å². The van der Waals surface area contributed by atoms with Crippen molar-refractivity contribution in [2.45, 2.75) is 39.0 Å². The molecule has 0 aliphatic rings. The van der Waals surface area contributed by atoms with Gasteiger partial charge in [-0.3, -0.25) is 4.79 Å². The van der Waals surface area contributed by atoms with E-state index in [1.165, 1.54) is 15.6 Å². The van der Waals surface area contributed by atoms with Gasteiger partial charge in [-0.05, 0) is 18.6 Å². The van der Waals surface area contributed by atoms with Crippen molar-refractivity contribution < 1.29 is 13.2 Å². The number of rotatable bonds is 8. The summed E-state index contributed by atoms with van der Waals surface area (Å²) >= 11 is 1.35. The van der Waals surface area contributed by atoms with E-state index in [0.717, 1.165) is 12.0 Å².